The molecule has 2 aromatic carbocycles. The predicted octanol–water partition coefficient (Wildman–Crippen LogP) is 3.24. The smallest absolute Gasteiger partial charge is 0.0724 e. The van der Waals surface area contributed by atoms with Gasteiger partial charge in [0, 0.05) is 0 Å². The van der Waals surface area contributed by atoms with Gasteiger partial charge in [0.2, 0.25) is 0 Å². The van der Waals surface area contributed by atoms with Crippen molar-refractivity contribution in [1.29, 1.82) is 0 Å². The standard InChI is InChI=1S/C17H18O2/c18-11-12-19-14-17(16-9-5-2-6-10-16)13-15-7-3-1-4-8-15/h1-10,13,18H,11-12,14H2/b17-13-. The van der Waals surface area contributed by atoms with Gasteiger partial charge >= 0.3 is 0 Å². The van der Waals surface area contributed by atoms with E-state index in [2.05, 4.69) is 30.3 Å². The third-order valence-corrected chi connectivity index (χ3v) is 2.78. The largest absolute Gasteiger partial charge is 0.394 e. The molecule has 0 fully saturated rings. The zero-order valence-electron chi connectivity index (χ0n) is 10.8. The zero-order valence-corrected chi connectivity index (χ0v) is 10.8. The lowest BCUT2D eigenvalue weighted by molar-refractivity contribution is 0.115. The fraction of sp³-hybridized carbons (Fsp3) is 0.176. The molecule has 0 saturated heterocycles. The number of benzene rings is 2. The quantitative estimate of drug-likeness (QED) is 0.633. The maximum absolute atomic E-state index is 8.79. The molecule has 0 aliphatic carbocycles. The Morgan fingerprint density at radius 2 is 1.58 bits per heavy atom. The molecule has 2 rings (SSSR count). The second-order valence-corrected chi connectivity index (χ2v) is 4.22. The lowest BCUT2D eigenvalue weighted by Gasteiger charge is -2.09. The Balaban J connectivity index is 2.22. The third kappa shape index (κ3) is 4.36. The van der Waals surface area contributed by atoms with Crippen LogP contribution in [0.25, 0.3) is 11.6 Å². The van der Waals surface area contributed by atoms with Crippen LogP contribution in [-0.4, -0.2) is 24.9 Å². The van der Waals surface area contributed by atoms with Crippen molar-refractivity contribution in [2.45, 2.75) is 0 Å². The first kappa shape index (κ1) is 13.5. The van der Waals surface area contributed by atoms with E-state index in [1.54, 1.807) is 0 Å². The Bertz CT molecular complexity index is 503. The normalized spacial score (nSPS) is 11.5. The van der Waals surface area contributed by atoms with E-state index in [9.17, 15) is 0 Å². The molecule has 0 aliphatic rings. The maximum atomic E-state index is 8.79. The highest BCUT2D eigenvalue weighted by Gasteiger charge is 2.02. The summed E-state index contributed by atoms with van der Waals surface area (Å²) >= 11 is 0. The van der Waals surface area contributed by atoms with Crippen LogP contribution in [0.4, 0.5) is 0 Å². The lowest BCUT2D eigenvalue weighted by Crippen LogP contribution is -2.02. The molecule has 0 saturated carbocycles. The summed E-state index contributed by atoms with van der Waals surface area (Å²) in [4.78, 5) is 0. The first-order chi connectivity index (χ1) is 9.40. The average molecular weight is 254 g/mol. The van der Waals surface area contributed by atoms with E-state index in [-0.39, 0.29) is 6.61 Å². The van der Waals surface area contributed by atoms with Gasteiger partial charge in [0.05, 0.1) is 19.8 Å². The van der Waals surface area contributed by atoms with Crippen molar-refractivity contribution in [2.24, 2.45) is 0 Å². The minimum atomic E-state index is 0.0490. The third-order valence-electron chi connectivity index (χ3n) is 2.78. The molecule has 1 N–H and O–H groups in total. The van der Waals surface area contributed by atoms with Gasteiger partial charge in [-0.1, -0.05) is 60.7 Å². The fourth-order valence-electron chi connectivity index (χ4n) is 1.86. The molecule has 0 unspecified atom stereocenters. The number of ether oxygens (including phenoxy) is 1. The minimum absolute atomic E-state index is 0.0490. The summed E-state index contributed by atoms with van der Waals surface area (Å²) in [5.41, 5.74) is 3.40. The highest BCUT2D eigenvalue weighted by Crippen LogP contribution is 2.18. The number of hydrogen-bond donors (Lipinski definition) is 1. The van der Waals surface area contributed by atoms with Gasteiger partial charge < -0.3 is 9.84 Å². The summed E-state index contributed by atoms with van der Waals surface area (Å²) in [6, 6.07) is 20.3. The van der Waals surface area contributed by atoms with E-state index in [1.807, 2.05) is 36.4 Å². The van der Waals surface area contributed by atoms with Crippen molar-refractivity contribution < 1.29 is 9.84 Å². The monoisotopic (exact) mass is 254 g/mol. The van der Waals surface area contributed by atoms with Gasteiger partial charge in [-0.2, -0.15) is 0 Å². The van der Waals surface area contributed by atoms with E-state index in [4.69, 9.17) is 9.84 Å². The number of aliphatic hydroxyl groups excluding tert-OH is 1. The highest BCUT2D eigenvalue weighted by molar-refractivity contribution is 5.82. The molecule has 2 heteroatoms. The van der Waals surface area contributed by atoms with Crippen LogP contribution in [0.1, 0.15) is 11.1 Å². The second-order valence-electron chi connectivity index (χ2n) is 4.22. The second kappa shape index (κ2) is 7.52. The molecular formula is C17H18O2. The summed E-state index contributed by atoms with van der Waals surface area (Å²) in [6.45, 7) is 0.909. The van der Waals surface area contributed by atoms with Crippen molar-refractivity contribution in [1.82, 2.24) is 0 Å². The summed E-state index contributed by atoms with van der Waals surface area (Å²) in [5.74, 6) is 0. The van der Waals surface area contributed by atoms with E-state index in [0.29, 0.717) is 13.2 Å². The molecule has 0 atom stereocenters. The van der Waals surface area contributed by atoms with E-state index in [1.165, 1.54) is 0 Å². The number of rotatable bonds is 6. The molecule has 0 radical (unpaired) electrons. The molecule has 0 aliphatic heterocycles. The van der Waals surface area contributed by atoms with Crippen molar-refractivity contribution in [2.75, 3.05) is 19.8 Å². The van der Waals surface area contributed by atoms with Crippen molar-refractivity contribution in [3.05, 3.63) is 71.8 Å². The van der Waals surface area contributed by atoms with Crippen LogP contribution in [0.2, 0.25) is 0 Å². The van der Waals surface area contributed by atoms with E-state index < -0.39 is 0 Å². The molecule has 0 heterocycles. The minimum Gasteiger partial charge on any atom is -0.394 e. The molecule has 0 amide bonds. The van der Waals surface area contributed by atoms with E-state index >= 15 is 0 Å². The van der Waals surface area contributed by atoms with Crippen LogP contribution < -0.4 is 0 Å². The highest BCUT2D eigenvalue weighted by atomic mass is 16.5. The van der Waals surface area contributed by atoms with Crippen LogP contribution in [-0.2, 0) is 4.74 Å². The Labute approximate surface area is 114 Å². The Kier molecular flexibility index (Phi) is 5.35. The van der Waals surface area contributed by atoms with Crippen LogP contribution >= 0.6 is 0 Å². The lowest BCUT2D eigenvalue weighted by atomic mass is 10.0. The molecule has 19 heavy (non-hydrogen) atoms. The van der Waals surface area contributed by atoms with Gasteiger partial charge in [0.15, 0.2) is 0 Å². The van der Waals surface area contributed by atoms with Crippen molar-refractivity contribution >= 4 is 11.6 Å². The summed E-state index contributed by atoms with van der Waals surface area (Å²) in [6.07, 6.45) is 2.12. The van der Waals surface area contributed by atoms with Gasteiger partial charge in [-0.25, -0.2) is 0 Å². The molecular weight excluding hydrogens is 236 g/mol. The topological polar surface area (TPSA) is 29.5 Å². The van der Waals surface area contributed by atoms with Crippen LogP contribution in [0.3, 0.4) is 0 Å². The van der Waals surface area contributed by atoms with Crippen LogP contribution in [0.5, 0.6) is 0 Å². The SMILES string of the molecule is OCCOC/C(=C/c1ccccc1)c1ccccc1. The van der Waals surface area contributed by atoms with Gasteiger partial charge in [0.1, 0.15) is 0 Å². The Morgan fingerprint density at radius 3 is 2.21 bits per heavy atom. The number of aliphatic hydroxyl groups is 1. The molecule has 0 aromatic heterocycles. The zero-order chi connectivity index (χ0) is 13.3. The van der Waals surface area contributed by atoms with E-state index in [0.717, 1.165) is 16.7 Å². The van der Waals surface area contributed by atoms with Crippen LogP contribution in [0.15, 0.2) is 60.7 Å². The fourth-order valence-corrected chi connectivity index (χ4v) is 1.86. The van der Waals surface area contributed by atoms with Gasteiger partial charge in [0.25, 0.3) is 0 Å². The Morgan fingerprint density at radius 1 is 0.947 bits per heavy atom. The molecule has 0 bridgehead atoms. The average Bonchev–Trinajstić information content (AvgIpc) is 2.48. The molecule has 2 nitrogen and oxygen atoms in total. The molecule has 98 valence electrons. The van der Waals surface area contributed by atoms with Gasteiger partial charge in [-0.05, 0) is 22.8 Å². The summed E-state index contributed by atoms with van der Waals surface area (Å²) in [7, 11) is 0. The van der Waals surface area contributed by atoms with Crippen LogP contribution in [0, 0.1) is 0 Å². The van der Waals surface area contributed by atoms with Gasteiger partial charge in [-0.15, -0.1) is 0 Å². The van der Waals surface area contributed by atoms with Crippen molar-refractivity contribution in [3.63, 3.8) is 0 Å². The van der Waals surface area contributed by atoms with Crippen molar-refractivity contribution in [3.8, 4) is 0 Å². The first-order valence-corrected chi connectivity index (χ1v) is 6.40. The molecule has 0 spiro atoms. The Hall–Kier alpha value is -1.90. The predicted molar refractivity (Wildman–Crippen MR) is 78.7 cm³/mol. The van der Waals surface area contributed by atoms with Gasteiger partial charge in [-0.3, -0.25) is 0 Å². The summed E-state index contributed by atoms with van der Waals surface area (Å²) in [5, 5.41) is 8.79. The number of hydrogen-bond acceptors (Lipinski definition) is 2. The first-order valence-electron chi connectivity index (χ1n) is 6.40. The molecule has 2 aromatic rings. The summed E-state index contributed by atoms with van der Waals surface area (Å²) < 4.78 is 5.45. The maximum Gasteiger partial charge on any atom is 0.0724 e.